The van der Waals surface area contributed by atoms with Gasteiger partial charge in [-0.05, 0) is 48.8 Å². The molecule has 1 amide bonds. The average molecular weight is 435 g/mol. The normalized spacial score (nSPS) is 36.0. The number of ether oxygens (including phenoxy) is 1. The van der Waals surface area contributed by atoms with E-state index < -0.39 is 9.84 Å². The molecule has 1 aromatic carbocycles. The highest BCUT2D eigenvalue weighted by molar-refractivity contribution is 8.15. The lowest BCUT2D eigenvalue weighted by molar-refractivity contribution is -0.117. The van der Waals surface area contributed by atoms with Crippen molar-refractivity contribution in [2.24, 2.45) is 16.8 Å². The molecule has 1 aromatic rings. The number of hydrogen-bond donors (Lipinski definition) is 0. The Kier molecular flexibility index (Phi) is 4.89. The van der Waals surface area contributed by atoms with Crippen LogP contribution in [0.1, 0.15) is 31.2 Å². The van der Waals surface area contributed by atoms with Crippen LogP contribution in [0.4, 0.5) is 0 Å². The second-order valence-electron chi connectivity index (χ2n) is 8.76. The third-order valence-corrected chi connectivity index (χ3v) is 10.1. The number of benzene rings is 1. The van der Waals surface area contributed by atoms with Gasteiger partial charge in [0, 0.05) is 11.3 Å². The standard InChI is InChI=1S/C21H26N2O4S2/c1-27-16-6-3-13(4-7-16)10-20(24)22-21-23(17-9-14-2-5-15(17)8-14)18-11-29(25,26)12-19(18)28-21/h3-4,6-7,14-15,17-19H,2,5,8-12H2,1H3/t14-,15-,17-,18+,19+/m1/s1. The largest absolute Gasteiger partial charge is 0.497 e. The summed E-state index contributed by atoms with van der Waals surface area (Å²) in [4.78, 5) is 19.5. The highest BCUT2D eigenvalue weighted by Crippen LogP contribution is 2.51. The third kappa shape index (κ3) is 3.69. The summed E-state index contributed by atoms with van der Waals surface area (Å²) in [5, 5.41) is 0.762. The Bertz CT molecular complexity index is 944. The van der Waals surface area contributed by atoms with Crippen molar-refractivity contribution < 1.29 is 17.9 Å². The number of amides is 1. The first-order valence-corrected chi connectivity index (χ1v) is 13.0. The summed E-state index contributed by atoms with van der Waals surface area (Å²) < 4.78 is 29.6. The van der Waals surface area contributed by atoms with Crippen molar-refractivity contribution in [3.8, 4) is 5.75 Å². The smallest absolute Gasteiger partial charge is 0.252 e. The van der Waals surface area contributed by atoms with Crippen LogP contribution in [0.25, 0.3) is 0 Å². The fourth-order valence-electron chi connectivity index (χ4n) is 5.59. The van der Waals surface area contributed by atoms with E-state index in [1.54, 1.807) is 7.11 Å². The van der Waals surface area contributed by atoms with Gasteiger partial charge < -0.3 is 9.64 Å². The van der Waals surface area contributed by atoms with Crippen LogP contribution in [0.15, 0.2) is 29.3 Å². The molecule has 29 heavy (non-hydrogen) atoms. The predicted octanol–water partition coefficient (Wildman–Crippen LogP) is 2.52. The molecule has 5 atom stereocenters. The van der Waals surface area contributed by atoms with Crippen molar-refractivity contribution in [1.82, 2.24) is 4.90 Å². The van der Waals surface area contributed by atoms with Gasteiger partial charge in [-0.3, -0.25) is 4.79 Å². The van der Waals surface area contributed by atoms with Gasteiger partial charge in [-0.25, -0.2) is 8.42 Å². The maximum Gasteiger partial charge on any atom is 0.252 e. The topological polar surface area (TPSA) is 76.0 Å². The fourth-order valence-corrected chi connectivity index (χ4v) is 9.59. The summed E-state index contributed by atoms with van der Waals surface area (Å²) >= 11 is 1.51. The van der Waals surface area contributed by atoms with Gasteiger partial charge >= 0.3 is 0 Å². The first kappa shape index (κ1) is 19.4. The molecule has 2 aliphatic carbocycles. The quantitative estimate of drug-likeness (QED) is 0.725. The van der Waals surface area contributed by atoms with Crippen molar-refractivity contribution >= 4 is 32.7 Å². The maximum atomic E-state index is 12.7. The number of thioether (sulfide) groups is 1. The Morgan fingerprint density at radius 2 is 1.97 bits per heavy atom. The van der Waals surface area contributed by atoms with Crippen molar-refractivity contribution in [2.75, 3.05) is 18.6 Å². The average Bonchev–Trinajstić information content (AvgIpc) is 3.42. The number of rotatable bonds is 4. The molecular weight excluding hydrogens is 408 g/mol. The van der Waals surface area contributed by atoms with Crippen molar-refractivity contribution in [3.05, 3.63) is 29.8 Å². The number of amidine groups is 1. The second kappa shape index (κ2) is 7.30. The van der Waals surface area contributed by atoms with Gasteiger partial charge in [-0.15, -0.1) is 0 Å². The van der Waals surface area contributed by atoms with Crippen LogP contribution in [0.3, 0.4) is 0 Å². The zero-order valence-electron chi connectivity index (χ0n) is 16.5. The van der Waals surface area contributed by atoms with Gasteiger partial charge in [0.25, 0.3) is 5.91 Å². The molecule has 8 heteroatoms. The molecule has 0 spiro atoms. The van der Waals surface area contributed by atoms with Gasteiger partial charge in [0.15, 0.2) is 15.0 Å². The molecule has 5 rings (SSSR count). The molecule has 4 fully saturated rings. The molecule has 0 aromatic heterocycles. The zero-order valence-corrected chi connectivity index (χ0v) is 18.1. The van der Waals surface area contributed by atoms with E-state index in [0.717, 1.165) is 28.8 Å². The SMILES string of the molecule is COc1ccc(CC(=O)N=C2S[C@H]3CS(=O)(=O)C[C@@H]3N2[C@@H]2C[C@@H]3CC[C@@H]2C3)cc1. The van der Waals surface area contributed by atoms with E-state index in [0.29, 0.717) is 12.0 Å². The number of fused-ring (bicyclic) bond motifs is 3. The molecular formula is C21H26N2O4S2. The van der Waals surface area contributed by atoms with Crippen molar-refractivity contribution in [2.45, 2.75) is 49.4 Å². The Hall–Kier alpha value is -1.54. The maximum absolute atomic E-state index is 12.7. The van der Waals surface area contributed by atoms with E-state index in [2.05, 4.69) is 9.89 Å². The molecule has 2 bridgehead atoms. The number of sulfone groups is 1. The summed E-state index contributed by atoms with van der Waals surface area (Å²) in [6, 6.07) is 7.77. The Morgan fingerprint density at radius 3 is 2.62 bits per heavy atom. The van der Waals surface area contributed by atoms with Crippen molar-refractivity contribution in [3.63, 3.8) is 0 Å². The monoisotopic (exact) mass is 434 g/mol. The molecule has 4 aliphatic rings. The summed E-state index contributed by atoms with van der Waals surface area (Å²) in [6.45, 7) is 0. The summed E-state index contributed by atoms with van der Waals surface area (Å²) in [6.07, 6.45) is 5.10. The number of nitrogens with zero attached hydrogens (tertiary/aromatic N) is 2. The van der Waals surface area contributed by atoms with E-state index in [-0.39, 0.29) is 35.1 Å². The van der Waals surface area contributed by atoms with Gasteiger partial charge in [0.1, 0.15) is 5.75 Å². The van der Waals surface area contributed by atoms with E-state index in [1.807, 2.05) is 24.3 Å². The van der Waals surface area contributed by atoms with E-state index in [4.69, 9.17) is 4.74 Å². The number of carbonyl (C=O) groups excluding carboxylic acids is 1. The number of aliphatic imine (C=N–C) groups is 1. The van der Waals surface area contributed by atoms with Crippen LogP contribution in [-0.4, -0.2) is 60.3 Å². The lowest BCUT2D eigenvalue weighted by Crippen LogP contribution is -2.47. The molecule has 2 aliphatic heterocycles. The van der Waals surface area contributed by atoms with Crippen LogP contribution in [0.5, 0.6) is 5.75 Å². The van der Waals surface area contributed by atoms with Gasteiger partial charge in [0.2, 0.25) is 0 Å². The van der Waals surface area contributed by atoms with E-state index >= 15 is 0 Å². The van der Waals surface area contributed by atoms with Gasteiger partial charge in [0.05, 0.1) is 31.1 Å². The van der Waals surface area contributed by atoms with Crippen LogP contribution >= 0.6 is 11.8 Å². The molecule has 0 N–H and O–H groups in total. The molecule has 2 heterocycles. The third-order valence-electron chi connectivity index (χ3n) is 6.90. The molecule has 2 saturated carbocycles. The molecule has 2 saturated heterocycles. The first-order chi connectivity index (χ1) is 13.9. The summed E-state index contributed by atoms with van der Waals surface area (Å²) in [5.41, 5.74) is 0.900. The number of carbonyl (C=O) groups is 1. The fraction of sp³-hybridized carbons (Fsp3) is 0.619. The molecule has 156 valence electrons. The van der Waals surface area contributed by atoms with Crippen LogP contribution < -0.4 is 4.74 Å². The molecule has 0 radical (unpaired) electrons. The second-order valence-corrected chi connectivity index (χ2v) is 12.1. The van der Waals surface area contributed by atoms with E-state index in [1.165, 1.54) is 31.0 Å². The number of hydrogen-bond acceptors (Lipinski definition) is 5. The minimum atomic E-state index is -3.00. The first-order valence-electron chi connectivity index (χ1n) is 10.3. The van der Waals surface area contributed by atoms with E-state index in [9.17, 15) is 13.2 Å². The Labute approximate surface area is 176 Å². The minimum Gasteiger partial charge on any atom is -0.497 e. The van der Waals surface area contributed by atoms with Crippen LogP contribution in [-0.2, 0) is 21.1 Å². The van der Waals surface area contributed by atoms with Crippen LogP contribution in [0, 0.1) is 11.8 Å². The highest BCUT2D eigenvalue weighted by Gasteiger charge is 2.54. The van der Waals surface area contributed by atoms with Crippen LogP contribution in [0.2, 0.25) is 0 Å². The lowest BCUT2D eigenvalue weighted by Gasteiger charge is -2.36. The van der Waals surface area contributed by atoms with Crippen molar-refractivity contribution in [1.29, 1.82) is 0 Å². The number of methoxy groups -OCH3 is 1. The Morgan fingerprint density at radius 1 is 1.17 bits per heavy atom. The molecule has 6 nitrogen and oxygen atoms in total. The van der Waals surface area contributed by atoms with Gasteiger partial charge in [-0.2, -0.15) is 4.99 Å². The Balaban J connectivity index is 1.37. The molecule has 0 unspecified atom stereocenters. The van der Waals surface area contributed by atoms with Gasteiger partial charge in [-0.1, -0.05) is 30.3 Å². The summed E-state index contributed by atoms with van der Waals surface area (Å²) in [5.74, 6) is 2.35. The summed E-state index contributed by atoms with van der Waals surface area (Å²) in [7, 11) is -1.39. The highest BCUT2D eigenvalue weighted by atomic mass is 32.2. The lowest BCUT2D eigenvalue weighted by atomic mass is 9.93. The zero-order chi connectivity index (χ0) is 20.2. The predicted molar refractivity (Wildman–Crippen MR) is 114 cm³/mol. The minimum absolute atomic E-state index is 0.00617.